The number of nitrogens with zero attached hydrogens (tertiary/aromatic N) is 8. The molecule has 32 heteroatoms. The molecule has 2 saturated heterocycles. The maximum Gasteiger partial charge on any atom is 0.356 e. The zero-order valence-corrected chi connectivity index (χ0v) is 89.3. The number of fused-ring (bicyclic) bond motifs is 2. The molecule has 140 heavy (non-hydrogen) atoms. The summed E-state index contributed by atoms with van der Waals surface area (Å²) in [6.07, 6.45) is 15.6. The van der Waals surface area contributed by atoms with Crippen LogP contribution in [0.2, 0.25) is 36.3 Å². The van der Waals surface area contributed by atoms with Crippen molar-refractivity contribution in [2.45, 2.75) is 141 Å². The number of ether oxygens (including phenoxy) is 8. The number of rotatable bonds is 35. The quantitative estimate of drug-likeness (QED) is 0.00410. The van der Waals surface area contributed by atoms with Crippen molar-refractivity contribution in [1.29, 1.82) is 0 Å². The van der Waals surface area contributed by atoms with Gasteiger partial charge in [0, 0.05) is 96.4 Å². The highest BCUT2D eigenvalue weighted by atomic mass is 79.9. The van der Waals surface area contributed by atoms with Crippen molar-refractivity contribution in [3.63, 3.8) is 0 Å². The second-order valence-corrected chi connectivity index (χ2v) is 56.6. The first-order valence-corrected chi connectivity index (χ1v) is 57.7. The third-order valence-electron chi connectivity index (χ3n) is 26.8. The van der Waals surface area contributed by atoms with E-state index in [1.807, 2.05) is 232 Å². The van der Waals surface area contributed by atoms with Crippen LogP contribution >= 0.6 is 52.4 Å². The number of carbonyl (C=O) groups excluding carboxylic acids is 7. The maximum absolute atomic E-state index is 15.5. The standard InChI is InChI=1S/C50H57N4O7PSSi.C45H52NO8PSi.C13H12BrN3O2S/c1-11-30-60-48(57)46(62(37-23-15-12-16-24-37,38-25-17-13-18-26-38)39-27-19-14-20-28-39)54-42(41(45(54)56)35(3)61-64(9,10)49(4,5)6)34(2)43(55)40-32-53-33-52-44(47(53)63-40)50(58-7,59-8)36-22-21-29-51-31-36;1-10-30-52-44(50)41(55(35-20-14-11-15-21-35,36-22-16-12-17-23-36)37-24-18-13-19-25-37)46-39(38(40(46)47)32(3)54-56(8,9)45(4,5)6)31(2)42(48)53-43(49)33-26-28-34(51-7)29-27-33;1-18-13(19-2,9-4-3-5-15-6-9)11-12-17(8-16-11)7-10(14)20-12/h11-29,31-35,41-42H,1,30H2,2-10H3;10-29,31-32,38-39H,1,30H2,2-9H3;3-8H,1-2H3/t34-,35-,41-,42-;31-,32-,38-,39-;/m11./s1. The van der Waals surface area contributed by atoms with Gasteiger partial charge in [-0.15, -0.1) is 22.7 Å². The van der Waals surface area contributed by atoms with Crippen LogP contribution in [0.1, 0.15) is 112 Å². The summed E-state index contributed by atoms with van der Waals surface area (Å²) in [5, 5.41) is 4.59. The van der Waals surface area contributed by atoms with Crippen molar-refractivity contribution in [3.05, 3.63) is 342 Å². The van der Waals surface area contributed by atoms with Crippen molar-refractivity contribution < 1.29 is 80.3 Å². The molecular weight excluding hydrogens is 1940 g/mol. The fourth-order valence-corrected chi connectivity index (χ4v) is 32.1. The average molecular weight is 2070 g/mol. The molecule has 6 aromatic heterocycles. The Hall–Kier alpha value is -11.6. The molecule has 2 aliphatic heterocycles. The number of β-lactam (4-membered cyclic amide) rings is 2. The number of amides is 2. The number of thiazole rings is 2. The smallest absolute Gasteiger partial charge is 0.356 e. The molecule has 7 aromatic carbocycles. The molecule has 13 aromatic rings. The van der Waals surface area contributed by atoms with Crippen LogP contribution in [0.3, 0.4) is 0 Å². The Labute approximate surface area is 837 Å². The van der Waals surface area contributed by atoms with E-state index in [0.29, 0.717) is 32.4 Å². The number of benzene rings is 7. The van der Waals surface area contributed by atoms with Gasteiger partial charge in [0.25, 0.3) is 0 Å². The molecule has 0 N–H and O–H groups in total. The molecule has 0 saturated carbocycles. The molecule has 0 bridgehead atoms. The van der Waals surface area contributed by atoms with Crippen molar-refractivity contribution >= 4 is 163 Å². The van der Waals surface area contributed by atoms with Crippen molar-refractivity contribution in [2.75, 3.05) is 48.8 Å². The lowest BCUT2D eigenvalue weighted by Gasteiger charge is -2.54. The number of carbonyl (C=O) groups is 7. The SMILES string of the molecule is C=CCOC(=O)C(N1C(=O)[C@H]([C@@H](C)O[Si](C)(C)C(C)(C)C)[C@H]1[C@@H](C)C(=O)OC(=O)c1ccc(OC)cc1)=P(c1ccccc1)(c1ccccc1)c1ccccc1.C=CCOC(=O)C(N1C(=O)[C@H]([C@@H](C)O[Si](C)(C)C(C)(C)C)[C@H]1[C@@H](C)C(=O)c1cn2cnc(C(OC)(OC)c3cccnc3)c2s1)=P(c1ccccc1)(c1ccccc1)c1ccccc1.COC(OC)(c1cccnc1)c1ncn2cc(Br)sc12. The van der Waals surface area contributed by atoms with E-state index in [1.54, 1.807) is 104 Å². The molecule has 2 amide bonds. The number of imidazole rings is 2. The topological polar surface area (TPSA) is 279 Å². The van der Waals surface area contributed by atoms with Gasteiger partial charge in [0.2, 0.25) is 23.4 Å². The number of Topliss-reactive ketones (excluding diaryl/α,β-unsaturated/α-hetero) is 1. The van der Waals surface area contributed by atoms with Gasteiger partial charge in [0.1, 0.15) is 63.5 Å². The van der Waals surface area contributed by atoms with Crippen LogP contribution in [-0.4, -0.2) is 181 Å². The van der Waals surface area contributed by atoms with Crippen molar-refractivity contribution in [3.8, 4) is 5.75 Å². The highest BCUT2D eigenvalue weighted by Crippen LogP contribution is 2.55. The molecule has 0 spiro atoms. The summed E-state index contributed by atoms with van der Waals surface area (Å²) in [4.78, 5) is 126. The van der Waals surface area contributed by atoms with Gasteiger partial charge in [-0.1, -0.05) is 268 Å². The zero-order chi connectivity index (χ0) is 101. The molecule has 0 radical (unpaired) electrons. The van der Waals surface area contributed by atoms with E-state index in [4.69, 9.17) is 51.7 Å². The summed E-state index contributed by atoms with van der Waals surface area (Å²) in [6, 6.07) is 70.2. The van der Waals surface area contributed by atoms with Gasteiger partial charge in [0.15, 0.2) is 22.4 Å². The second kappa shape index (κ2) is 44.7. The molecule has 8 heterocycles. The van der Waals surface area contributed by atoms with Gasteiger partial charge in [-0.2, -0.15) is 0 Å². The van der Waals surface area contributed by atoms with Gasteiger partial charge in [-0.25, -0.2) is 24.4 Å². The number of methoxy groups -OCH3 is 5. The van der Waals surface area contributed by atoms with Crippen LogP contribution in [0, 0.1) is 23.7 Å². The number of halogens is 1. The van der Waals surface area contributed by atoms with E-state index in [1.165, 1.54) is 61.9 Å². The lowest BCUT2D eigenvalue weighted by atomic mass is 9.75. The lowest BCUT2D eigenvalue weighted by molar-refractivity contribution is -0.185. The fraction of sp³-hybridized carbons (Fsp3) is 0.306. The summed E-state index contributed by atoms with van der Waals surface area (Å²) < 4.78 is 64.7. The molecule has 732 valence electrons. The highest BCUT2D eigenvalue weighted by molar-refractivity contribution is 9.11. The summed E-state index contributed by atoms with van der Waals surface area (Å²) in [6.45, 7) is 29.4. The summed E-state index contributed by atoms with van der Waals surface area (Å²) in [5.41, 5.74) is 3.06. The third-order valence-corrected chi connectivity index (χ3v) is 47.1. The minimum Gasteiger partial charge on any atom is -0.497 e. The van der Waals surface area contributed by atoms with E-state index in [9.17, 15) is 14.4 Å². The number of hydrogen-bond donors (Lipinski definition) is 0. The minimum absolute atomic E-state index is 0.0853. The Balaban J connectivity index is 0.000000197. The van der Waals surface area contributed by atoms with Gasteiger partial charge in [0.05, 0.1) is 63.4 Å². The van der Waals surface area contributed by atoms with E-state index < -0.39 is 114 Å². The number of likely N-dealkylation sites (tertiary alicyclic amines) is 2. The summed E-state index contributed by atoms with van der Waals surface area (Å²) >= 11 is 6.31. The van der Waals surface area contributed by atoms with Gasteiger partial charge in [-0.3, -0.25) is 37.9 Å². The summed E-state index contributed by atoms with van der Waals surface area (Å²) in [5.74, 6) is -9.47. The maximum atomic E-state index is 15.5. The number of pyridine rings is 2. The Morgan fingerprint density at radius 2 is 0.814 bits per heavy atom. The largest absolute Gasteiger partial charge is 0.497 e. The number of ketones is 1. The van der Waals surface area contributed by atoms with Crippen molar-refractivity contribution in [2.24, 2.45) is 23.7 Å². The fourth-order valence-electron chi connectivity index (χ4n) is 17.8. The van der Waals surface area contributed by atoms with Crippen LogP contribution in [0.5, 0.6) is 5.75 Å². The second-order valence-electron chi connectivity index (χ2n) is 37.0. The molecule has 0 aliphatic carbocycles. The first kappa shape index (κ1) is 106. The highest BCUT2D eigenvalue weighted by Gasteiger charge is 2.62. The molecule has 8 atom stereocenters. The van der Waals surface area contributed by atoms with E-state index >= 15 is 19.2 Å². The average Bonchev–Trinajstić information content (AvgIpc) is 0.825. The van der Waals surface area contributed by atoms with E-state index in [-0.39, 0.29) is 57.3 Å². The summed E-state index contributed by atoms with van der Waals surface area (Å²) in [7, 11) is 2.89. The number of hydrogen-bond acceptors (Lipinski definition) is 23. The van der Waals surface area contributed by atoms with Crippen LogP contribution in [-0.2, 0) is 77.6 Å². The molecule has 0 unspecified atom stereocenters. The van der Waals surface area contributed by atoms with Gasteiger partial charge in [-0.05, 0) is 141 Å². The van der Waals surface area contributed by atoms with Crippen LogP contribution in [0.15, 0.2) is 309 Å². The zero-order valence-electron chi connectivity index (χ0n) is 82.3. The number of aromatic nitrogens is 6. The predicted molar refractivity (Wildman–Crippen MR) is 564 cm³/mol. The Kier molecular flexibility index (Phi) is 33.8. The van der Waals surface area contributed by atoms with E-state index in [2.05, 4.69) is 112 Å². The minimum atomic E-state index is -3.28. The van der Waals surface area contributed by atoms with E-state index in [0.717, 1.165) is 46.0 Å². The van der Waals surface area contributed by atoms with Gasteiger partial charge < -0.3 is 56.5 Å². The number of esters is 4. The molecular formula is C108H121BrN8O17P2S2Si2. The van der Waals surface area contributed by atoms with Crippen LogP contribution in [0.4, 0.5) is 0 Å². The lowest BCUT2D eigenvalue weighted by Crippen LogP contribution is -2.71. The molecule has 2 aliphatic rings. The Morgan fingerprint density at radius 3 is 1.14 bits per heavy atom. The van der Waals surface area contributed by atoms with Crippen molar-refractivity contribution in [1.82, 2.24) is 38.5 Å². The van der Waals surface area contributed by atoms with Gasteiger partial charge >= 0.3 is 23.9 Å². The Bertz CT molecular complexity index is 6470. The molecule has 15 rings (SSSR count). The predicted octanol–water partition coefficient (Wildman–Crippen LogP) is 18.3. The monoisotopic (exact) mass is 2060 g/mol. The normalized spacial score (nSPS) is 16.2. The van der Waals surface area contributed by atoms with Crippen LogP contribution in [0.25, 0.3) is 9.66 Å². The van der Waals surface area contributed by atoms with Crippen LogP contribution < -0.4 is 36.6 Å². The third kappa shape index (κ3) is 20.6. The first-order valence-electron chi connectivity index (χ1n) is 45.9. The first-order chi connectivity index (χ1) is 66.9. The molecule has 2 fully saturated rings. The molecule has 25 nitrogen and oxygen atoms in total. The Morgan fingerprint density at radius 1 is 0.471 bits per heavy atom.